The van der Waals surface area contributed by atoms with E-state index in [2.05, 4.69) is 42.4 Å². The van der Waals surface area contributed by atoms with E-state index in [0.29, 0.717) is 28.6 Å². The Bertz CT molecular complexity index is 1300. The first kappa shape index (κ1) is 27.4. The maximum Gasteiger partial charge on any atom is 0.224 e. The van der Waals surface area contributed by atoms with Crippen LogP contribution in [-0.4, -0.2) is 76.0 Å². The smallest absolute Gasteiger partial charge is 0.224 e. The number of hydrogen-bond acceptors (Lipinski definition) is 12. The quantitative estimate of drug-likeness (QED) is 0.369. The zero-order chi connectivity index (χ0) is 27.5. The molecule has 3 aliphatic heterocycles. The molecule has 0 aliphatic carbocycles. The van der Waals surface area contributed by atoms with Crippen molar-refractivity contribution in [2.75, 3.05) is 48.4 Å². The van der Waals surface area contributed by atoms with Crippen molar-refractivity contribution in [2.24, 2.45) is 11.1 Å². The van der Waals surface area contributed by atoms with Gasteiger partial charge in [0.25, 0.3) is 0 Å². The third kappa shape index (κ3) is 5.96. The topological polar surface area (TPSA) is 136 Å². The lowest BCUT2D eigenvalue weighted by Crippen LogP contribution is -2.50. The zero-order valence-electron chi connectivity index (χ0n) is 22.4. The number of hydrogen-bond donors (Lipinski definition) is 3. The van der Waals surface area contributed by atoms with Gasteiger partial charge in [0.05, 0.1) is 30.1 Å². The third-order valence-electron chi connectivity index (χ3n) is 8.07. The van der Waals surface area contributed by atoms with Crippen LogP contribution in [0.4, 0.5) is 23.4 Å². The van der Waals surface area contributed by atoms with Crippen LogP contribution in [0.2, 0.25) is 5.02 Å². The van der Waals surface area contributed by atoms with Crippen LogP contribution < -0.4 is 21.3 Å². The molecule has 0 amide bonds. The fourth-order valence-corrected chi connectivity index (χ4v) is 6.55. The van der Waals surface area contributed by atoms with Crippen molar-refractivity contribution < 1.29 is 9.47 Å². The first-order chi connectivity index (χ1) is 19.5. The molecule has 40 heavy (non-hydrogen) atoms. The molecule has 0 bridgehead atoms. The molecule has 3 aromatic rings. The first-order valence-electron chi connectivity index (χ1n) is 13.7. The Morgan fingerprint density at radius 1 is 1.07 bits per heavy atom. The molecular weight excluding hydrogens is 550 g/mol. The van der Waals surface area contributed by atoms with Gasteiger partial charge in [0.2, 0.25) is 5.95 Å². The summed E-state index contributed by atoms with van der Waals surface area (Å²) in [6.07, 6.45) is 11.0. The second kappa shape index (κ2) is 12.0. The number of nitrogens with two attached hydrogens (primary N) is 1. The SMILES string of the molecule is C[C@@H]1OCC2(CCN(c3cnc(Sc4ccnc(Nc5ccnc(NC6CCOCC6)n5)c4Cl)cn3)CC2)[C@@H]1N. The highest BCUT2D eigenvalue weighted by atomic mass is 35.5. The Kier molecular flexibility index (Phi) is 8.22. The largest absolute Gasteiger partial charge is 0.381 e. The monoisotopic (exact) mass is 583 g/mol. The van der Waals surface area contributed by atoms with Gasteiger partial charge in [-0.3, -0.25) is 0 Å². The molecule has 0 aromatic carbocycles. The van der Waals surface area contributed by atoms with Crippen molar-refractivity contribution in [3.8, 4) is 0 Å². The average Bonchev–Trinajstić information content (AvgIpc) is 3.25. The number of halogens is 1. The lowest BCUT2D eigenvalue weighted by molar-refractivity contribution is 0.0903. The predicted octanol–water partition coefficient (Wildman–Crippen LogP) is 4.13. The maximum atomic E-state index is 6.74. The standard InChI is InChI=1S/C27H34ClN9O2S/c1-17-24(29)27(16-39-17)6-10-37(11-7-27)21-14-33-22(15-32-21)40-19-2-8-30-25(23(19)28)35-20-3-9-31-26(36-20)34-18-4-12-38-13-5-18/h2-3,8-9,14-15,17-18,24H,4-7,10-13,16,29H2,1H3,(H2,30,31,34,35,36)/t17-,24+/m0/s1. The summed E-state index contributed by atoms with van der Waals surface area (Å²) in [6, 6.07) is 4.04. The maximum absolute atomic E-state index is 6.74. The van der Waals surface area contributed by atoms with Gasteiger partial charge in [0, 0.05) is 61.1 Å². The van der Waals surface area contributed by atoms with Gasteiger partial charge in [0.15, 0.2) is 5.82 Å². The molecule has 2 atom stereocenters. The van der Waals surface area contributed by atoms with Crippen LogP contribution in [0.15, 0.2) is 46.8 Å². The van der Waals surface area contributed by atoms with Gasteiger partial charge in [-0.25, -0.2) is 19.9 Å². The van der Waals surface area contributed by atoms with Crippen molar-refractivity contribution in [3.63, 3.8) is 0 Å². The van der Waals surface area contributed by atoms with Crippen LogP contribution in [0, 0.1) is 5.41 Å². The lowest BCUT2D eigenvalue weighted by atomic mass is 9.73. The van der Waals surface area contributed by atoms with Crippen molar-refractivity contribution in [3.05, 3.63) is 41.9 Å². The second-order valence-electron chi connectivity index (χ2n) is 10.6. The van der Waals surface area contributed by atoms with Crippen LogP contribution in [0.1, 0.15) is 32.6 Å². The minimum absolute atomic E-state index is 0.0810. The zero-order valence-corrected chi connectivity index (χ0v) is 24.0. The van der Waals surface area contributed by atoms with Gasteiger partial charge in [-0.15, -0.1) is 0 Å². The molecule has 0 saturated carbocycles. The number of aromatic nitrogens is 5. The van der Waals surface area contributed by atoms with Crippen LogP contribution in [-0.2, 0) is 9.47 Å². The van der Waals surface area contributed by atoms with Gasteiger partial charge in [-0.2, -0.15) is 4.98 Å². The minimum Gasteiger partial charge on any atom is -0.381 e. The van der Waals surface area contributed by atoms with Gasteiger partial charge in [-0.05, 0) is 44.7 Å². The number of nitrogens with zero attached hydrogens (tertiary/aromatic N) is 6. The van der Waals surface area contributed by atoms with E-state index in [1.807, 2.05) is 12.3 Å². The molecule has 0 unspecified atom stereocenters. The van der Waals surface area contributed by atoms with E-state index in [1.165, 1.54) is 11.8 Å². The number of piperidine rings is 1. The summed E-state index contributed by atoms with van der Waals surface area (Å²) in [6.45, 7) is 6.10. The normalized spacial score (nSPS) is 22.9. The number of pyridine rings is 1. The molecule has 3 aliphatic rings. The summed E-state index contributed by atoms with van der Waals surface area (Å²) in [5.74, 6) is 2.55. The van der Waals surface area contributed by atoms with Crippen LogP contribution in [0.3, 0.4) is 0 Å². The van der Waals surface area contributed by atoms with Gasteiger partial charge in [-0.1, -0.05) is 23.4 Å². The summed E-state index contributed by atoms with van der Waals surface area (Å²) < 4.78 is 11.3. The predicted molar refractivity (Wildman–Crippen MR) is 155 cm³/mol. The first-order valence-corrected chi connectivity index (χ1v) is 14.9. The van der Waals surface area contributed by atoms with Gasteiger partial charge in [0.1, 0.15) is 16.7 Å². The highest BCUT2D eigenvalue weighted by Crippen LogP contribution is 2.42. The Hall–Kier alpha value is -2.77. The Balaban J connectivity index is 1.08. The van der Waals surface area contributed by atoms with Crippen LogP contribution in [0.25, 0.3) is 0 Å². The molecule has 6 heterocycles. The van der Waals surface area contributed by atoms with E-state index < -0.39 is 0 Å². The van der Waals surface area contributed by atoms with Crippen LogP contribution >= 0.6 is 23.4 Å². The summed E-state index contributed by atoms with van der Waals surface area (Å²) >= 11 is 8.19. The fraction of sp³-hybridized carbons (Fsp3) is 0.519. The fourth-order valence-electron chi connectivity index (χ4n) is 5.53. The molecule has 13 heteroatoms. The van der Waals surface area contributed by atoms with Crippen LogP contribution in [0.5, 0.6) is 0 Å². The van der Waals surface area contributed by atoms with Crippen molar-refractivity contribution >= 4 is 46.8 Å². The van der Waals surface area contributed by atoms with E-state index in [4.69, 9.17) is 31.8 Å². The summed E-state index contributed by atoms with van der Waals surface area (Å²) in [5, 5.41) is 7.84. The molecule has 0 radical (unpaired) electrons. The molecule has 3 fully saturated rings. The Labute approximate surface area is 243 Å². The highest BCUT2D eigenvalue weighted by Gasteiger charge is 2.47. The third-order valence-corrected chi connectivity index (χ3v) is 9.54. The van der Waals surface area contributed by atoms with Gasteiger partial charge < -0.3 is 30.7 Å². The van der Waals surface area contributed by atoms with E-state index in [0.717, 1.165) is 74.3 Å². The number of ether oxygens (including phenoxy) is 2. The Morgan fingerprint density at radius 3 is 2.60 bits per heavy atom. The number of anilines is 4. The van der Waals surface area contributed by atoms with Crippen molar-refractivity contribution in [1.82, 2.24) is 24.9 Å². The van der Waals surface area contributed by atoms with Gasteiger partial charge >= 0.3 is 0 Å². The molecule has 1 spiro atoms. The summed E-state index contributed by atoms with van der Waals surface area (Å²) in [7, 11) is 0. The molecule has 6 rings (SSSR count). The number of nitrogens with one attached hydrogen (secondary N) is 2. The van der Waals surface area contributed by atoms with E-state index in [-0.39, 0.29) is 17.6 Å². The molecule has 11 nitrogen and oxygen atoms in total. The van der Waals surface area contributed by atoms with Crippen molar-refractivity contribution in [2.45, 2.75) is 60.7 Å². The second-order valence-corrected chi connectivity index (χ2v) is 12.0. The summed E-state index contributed by atoms with van der Waals surface area (Å²) in [4.78, 5) is 25.8. The molecular formula is C27H34ClN9O2S. The Morgan fingerprint density at radius 2 is 1.88 bits per heavy atom. The average molecular weight is 584 g/mol. The lowest BCUT2D eigenvalue weighted by Gasteiger charge is -2.41. The minimum atomic E-state index is 0.0810. The molecule has 212 valence electrons. The number of rotatable bonds is 7. The summed E-state index contributed by atoms with van der Waals surface area (Å²) in [5.41, 5.74) is 6.55. The highest BCUT2D eigenvalue weighted by molar-refractivity contribution is 7.99. The van der Waals surface area contributed by atoms with Crippen molar-refractivity contribution in [1.29, 1.82) is 0 Å². The molecule has 4 N–H and O–H groups in total. The van der Waals surface area contributed by atoms with E-state index in [1.54, 1.807) is 24.7 Å². The van der Waals surface area contributed by atoms with E-state index in [9.17, 15) is 0 Å². The molecule has 3 aromatic heterocycles. The molecule has 3 saturated heterocycles. The van der Waals surface area contributed by atoms with E-state index >= 15 is 0 Å².